The van der Waals surface area contributed by atoms with Gasteiger partial charge in [0.25, 0.3) is 0 Å². The smallest absolute Gasteiger partial charge is 0.227 e. The third-order valence-corrected chi connectivity index (χ3v) is 3.72. The third-order valence-electron chi connectivity index (χ3n) is 3.72. The molecule has 2 fully saturated rings. The van der Waals surface area contributed by atoms with Crippen LogP contribution in [0.1, 0.15) is 20.3 Å². The van der Waals surface area contributed by atoms with Crippen LogP contribution >= 0.6 is 12.4 Å². The van der Waals surface area contributed by atoms with E-state index in [0.29, 0.717) is 5.91 Å². The largest absolute Gasteiger partial charge is 0.340 e. The van der Waals surface area contributed by atoms with Gasteiger partial charge in [0.2, 0.25) is 5.91 Å². The summed E-state index contributed by atoms with van der Waals surface area (Å²) in [4.78, 5) is 16.7. The molecule has 1 N–H and O–H groups in total. The van der Waals surface area contributed by atoms with Gasteiger partial charge in [-0.25, -0.2) is 0 Å². The van der Waals surface area contributed by atoms with Crippen molar-refractivity contribution in [2.75, 3.05) is 45.8 Å². The van der Waals surface area contributed by atoms with Gasteiger partial charge < -0.3 is 10.2 Å². The molecule has 2 aliphatic heterocycles. The predicted octanol–water partition coefficient (Wildman–Crippen LogP) is 0.818. The zero-order valence-corrected chi connectivity index (χ0v) is 12.3. The van der Waals surface area contributed by atoms with Gasteiger partial charge in [-0.2, -0.15) is 0 Å². The lowest BCUT2D eigenvalue weighted by Gasteiger charge is -2.36. The lowest BCUT2D eigenvalue weighted by Crippen LogP contribution is -2.51. The van der Waals surface area contributed by atoms with E-state index in [1.807, 2.05) is 0 Å². The van der Waals surface area contributed by atoms with Crippen molar-refractivity contribution in [3.05, 3.63) is 0 Å². The number of amides is 1. The number of carbonyl (C=O) groups is 1. The van der Waals surface area contributed by atoms with Crippen LogP contribution in [-0.4, -0.2) is 61.5 Å². The average molecular weight is 276 g/mol. The number of nitrogens with zero attached hydrogens (tertiary/aromatic N) is 2. The molecule has 1 atom stereocenters. The fourth-order valence-electron chi connectivity index (χ4n) is 2.79. The number of nitrogens with one attached hydrogen (secondary N) is 1. The Morgan fingerprint density at radius 1 is 1.28 bits per heavy atom. The molecule has 0 spiro atoms. The van der Waals surface area contributed by atoms with E-state index in [1.165, 1.54) is 0 Å². The first-order valence-corrected chi connectivity index (χ1v) is 6.88. The quantitative estimate of drug-likeness (QED) is 0.828. The molecule has 0 aromatic rings. The van der Waals surface area contributed by atoms with E-state index in [4.69, 9.17) is 0 Å². The summed E-state index contributed by atoms with van der Waals surface area (Å²) >= 11 is 0. The molecule has 0 aromatic carbocycles. The summed E-state index contributed by atoms with van der Waals surface area (Å²) in [6, 6.07) is 0. The van der Waals surface area contributed by atoms with Crippen LogP contribution in [0.15, 0.2) is 0 Å². The summed E-state index contributed by atoms with van der Waals surface area (Å²) in [5, 5.41) is 3.27. The molecule has 0 saturated carbocycles. The Bertz CT molecular complexity index is 259. The van der Waals surface area contributed by atoms with Crippen LogP contribution in [0.3, 0.4) is 0 Å². The lowest BCUT2D eigenvalue weighted by molar-refractivity contribution is -0.136. The van der Waals surface area contributed by atoms with Gasteiger partial charge in [0, 0.05) is 39.3 Å². The van der Waals surface area contributed by atoms with E-state index in [2.05, 4.69) is 29.0 Å². The number of hydrogen-bond donors (Lipinski definition) is 1. The van der Waals surface area contributed by atoms with Gasteiger partial charge in [-0.1, -0.05) is 13.8 Å². The first kappa shape index (κ1) is 15.7. The Balaban J connectivity index is 0.00000162. The van der Waals surface area contributed by atoms with Crippen LogP contribution in [0.25, 0.3) is 0 Å². The van der Waals surface area contributed by atoms with Gasteiger partial charge in [-0.15, -0.1) is 12.4 Å². The highest BCUT2D eigenvalue weighted by Gasteiger charge is 2.29. The van der Waals surface area contributed by atoms with E-state index < -0.39 is 0 Å². The van der Waals surface area contributed by atoms with Gasteiger partial charge in [0.15, 0.2) is 0 Å². The molecular weight excluding hydrogens is 250 g/mol. The van der Waals surface area contributed by atoms with Crippen molar-refractivity contribution in [2.45, 2.75) is 20.3 Å². The van der Waals surface area contributed by atoms with Crippen molar-refractivity contribution in [1.82, 2.24) is 15.1 Å². The van der Waals surface area contributed by atoms with Crippen molar-refractivity contribution in [1.29, 1.82) is 0 Å². The van der Waals surface area contributed by atoms with Crippen LogP contribution in [0.2, 0.25) is 0 Å². The number of hydrogen-bond acceptors (Lipinski definition) is 3. The zero-order valence-electron chi connectivity index (χ0n) is 11.5. The molecule has 0 aliphatic carbocycles. The molecule has 0 bridgehead atoms. The third kappa shape index (κ3) is 4.11. The maximum Gasteiger partial charge on any atom is 0.227 e. The molecule has 106 valence electrons. The minimum absolute atomic E-state index is 0. The van der Waals surface area contributed by atoms with Crippen LogP contribution in [0, 0.1) is 11.8 Å². The minimum Gasteiger partial charge on any atom is -0.340 e. The summed E-state index contributed by atoms with van der Waals surface area (Å²) < 4.78 is 0. The van der Waals surface area contributed by atoms with Crippen molar-refractivity contribution < 1.29 is 4.79 Å². The number of carbonyl (C=O) groups excluding carboxylic acids is 1. The van der Waals surface area contributed by atoms with E-state index in [1.54, 1.807) is 0 Å². The summed E-state index contributed by atoms with van der Waals surface area (Å²) in [5.41, 5.74) is 0. The second-order valence-electron chi connectivity index (χ2n) is 5.71. The first-order valence-electron chi connectivity index (χ1n) is 6.88. The van der Waals surface area contributed by atoms with E-state index >= 15 is 0 Å². The number of rotatable bonds is 3. The van der Waals surface area contributed by atoms with Gasteiger partial charge >= 0.3 is 0 Å². The molecular formula is C13H26ClN3O. The van der Waals surface area contributed by atoms with Crippen LogP contribution in [0.5, 0.6) is 0 Å². The second kappa shape index (κ2) is 7.31. The Kier molecular flexibility index (Phi) is 6.39. The molecule has 2 rings (SSSR count). The van der Waals surface area contributed by atoms with E-state index in [0.717, 1.165) is 58.2 Å². The number of halogens is 1. The molecule has 0 radical (unpaired) electrons. The topological polar surface area (TPSA) is 35.6 Å². The molecule has 2 heterocycles. The zero-order chi connectivity index (χ0) is 12.3. The highest BCUT2D eigenvalue weighted by molar-refractivity contribution is 5.85. The Labute approximate surface area is 116 Å². The van der Waals surface area contributed by atoms with Crippen LogP contribution in [-0.2, 0) is 4.79 Å². The molecule has 2 saturated heterocycles. The number of piperazine rings is 1. The first-order chi connectivity index (χ1) is 8.16. The monoisotopic (exact) mass is 275 g/mol. The van der Waals surface area contributed by atoms with E-state index in [-0.39, 0.29) is 18.3 Å². The van der Waals surface area contributed by atoms with Crippen molar-refractivity contribution in [3.63, 3.8) is 0 Å². The summed E-state index contributed by atoms with van der Waals surface area (Å²) in [6.45, 7) is 11.5. The molecule has 1 unspecified atom stereocenters. The lowest BCUT2D eigenvalue weighted by atomic mass is 10.1. The Morgan fingerprint density at radius 3 is 2.44 bits per heavy atom. The van der Waals surface area contributed by atoms with Crippen molar-refractivity contribution >= 4 is 18.3 Å². The molecule has 1 amide bonds. The van der Waals surface area contributed by atoms with Gasteiger partial charge in [0.05, 0.1) is 5.92 Å². The molecule has 18 heavy (non-hydrogen) atoms. The standard InChI is InChI=1S/C13H25N3O.ClH/c1-11(2)10-15-5-7-16(8-6-15)13(17)12-3-4-14-9-12;/h11-12,14H,3-10H2,1-2H3;1H. The van der Waals surface area contributed by atoms with Crippen LogP contribution < -0.4 is 5.32 Å². The van der Waals surface area contributed by atoms with Gasteiger partial charge in [-0.05, 0) is 18.9 Å². The summed E-state index contributed by atoms with van der Waals surface area (Å²) in [6.07, 6.45) is 1.02. The Morgan fingerprint density at radius 2 is 1.94 bits per heavy atom. The van der Waals surface area contributed by atoms with Gasteiger partial charge in [0.1, 0.15) is 0 Å². The van der Waals surface area contributed by atoms with Crippen molar-refractivity contribution in [2.24, 2.45) is 11.8 Å². The highest BCUT2D eigenvalue weighted by Crippen LogP contribution is 2.14. The van der Waals surface area contributed by atoms with E-state index in [9.17, 15) is 4.79 Å². The van der Waals surface area contributed by atoms with Crippen LogP contribution in [0.4, 0.5) is 0 Å². The van der Waals surface area contributed by atoms with Crippen molar-refractivity contribution in [3.8, 4) is 0 Å². The second-order valence-corrected chi connectivity index (χ2v) is 5.71. The minimum atomic E-state index is 0. The SMILES string of the molecule is CC(C)CN1CCN(C(=O)C2CCNC2)CC1.Cl. The molecule has 2 aliphatic rings. The predicted molar refractivity (Wildman–Crippen MR) is 76.1 cm³/mol. The normalized spacial score (nSPS) is 25.3. The fraction of sp³-hybridized carbons (Fsp3) is 0.923. The molecule has 5 heteroatoms. The highest BCUT2D eigenvalue weighted by atomic mass is 35.5. The summed E-state index contributed by atoms with van der Waals surface area (Å²) in [5.74, 6) is 1.34. The maximum atomic E-state index is 12.2. The average Bonchev–Trinajstić information content (AvgIpc) is 2.82. The fourth-order valence-corrected chi connectivity index (χ4v) is 2.79. The Hall–Kier alpha value is -0.320. The molecule has 0 aromatic heterocycles. The molecule has 4 nitrogen and oxygen atoms in total. The maximum absolute atomic E-state index is 12.2. The van der Waals surface area contributed by atoms with Gasteiger partial charge in [-0.3, -0.25) is 9.69 Å². The summed E-state index contributed by atoms with van der Waals surface area (Å²) in [7, 11) is 0.